The Morgan fingerprint density at radius 3 is 2.50 bits per heavy atom. The number of aliphatic hydroxyl groups is 1. The average Bonchev–Trinajstić information content (AvgIpc) is 2.69. The number of rotatable bonds is 2. The van der Waals surface area contributed by atoms with Crippen molar-refractivity contribution in [1.29, 1.82) is 0 Å². The van der Waals surface area contributed by atoms with Gasteiger partial charge in [0, 0.05) is 18.3 Å². The van der Waals surface area contributed by atoms with Gasteiger partial charge in [0.15, 0.2) is 0 Å². The Kier molecular flexibility index (Phi) is 3.57. The van der Waals surface area contributed by atoms with Crippen LogP contribution in [0.2, 0.25) is 0 Å². The van der Waals surface area contributed by atoms with Crippen molar-refractivity contribution < 1.29 is 9.32 Å². The summed E-state index contributed by atoms with van der Waals surface area (Å²) in [4.78, 5) is 0. The molecule has 2 rings (SSSR count). The Bertz CT molecular complexity index is 216. The third-order valence-corrected chi connectivity index (χ3v) is 5.08. The van der Waals surface area contributed by atoms with Gasteiger partial charge in [0.05, 0.1) is 17.1 Å². The van der Waals surface area contributed by atoms with E-state index in [4.69, 9.17) is 0 Å². The van der Waals surface area contributed by atoms with E-state index < -0.39 is 11.0 Å². The van der Waals surface area contributed by atoms with Crippen LogP contribution in [-0.2, 0) is 11.0 Å². The van der Waals surface area contributed by atoms with E-state index in [9.17, 15) is 9.32 Å². The van der Waals surface area contributed by atoms with E-state index in [1.807, 2.05) is 4.31 Å². The van der Waals surface area contributed by atoms with Crippen LogP contribution in [0.15, 0.2) is 0 Å². The molecular formula is C10H19NO2S. The highest BCUT2D eigenvalue weighted by Crippen LogP contribution is 2.26. The number of hydrogen-bond donors (Lipinski definition) is 1. The first-order valence-electron chi connectivity index (χ1n) is 5.61. The van der Waals surface area contributed by atoms with Crippen molar-refractivity contribution in [3.8, 4) is 0 Å². The first-order chi connectivity index (χ1) is 6.77. The summed E-state index contributed by atoms with van der Waals surface area (Å²) in [7, 11) is -0.829. The van der Waals surface area contributed by atoms with Gasteiger partial charge in [0.1, 0.15) is 0 Å². The van der Waals surface area contributed by atoms with Crippen molar-refractivity contribution in [2.75, 3.05) is 13.1 Å². The maximum absolute atomic E-state index is 12.1. The van der Waals surface area contributed by atoms with Gasteiger partial charge >= 0.3 is 0 Å². The normalized spacial score (nSPS) is 33.4. The quantitative estimate of drug-likeness (QED) is 0.751. The predicted molar refractivity (Wildman–Crippen MR) is 57.2 cm³/mol. The molecule has 0 amide bonds. The van der Waals surface area contributed by atoms with Crippen molar-refractivity contribution in [2.24, 2.45) is 0 Å². The molecule has 1 heterocycles. The van der Waals surface area contributed by atoms with E-state index >= 15 is 0 Å². The third kappa shape index (κ3) is 2.35. The van der Waals surface area contributed by atoms with Crippen LogP contribution in [0.1, 0.15) is 38.5 Å². The van der Waals surface area contributed by atoms with Crippen LogP contribution < -0.4 is 0 Å². The van der Waals surface area contributed by atoms with Crippen molar-refractivity contribution in [2.45, 2.75) is 49.9 Å². The lowest BCUT2D eigenvalue weighted by atomic mass is 10.1. The second kappa shape index (κ2) is 4.73. The molecule has 1 aliphatic heterocycles. The summed E-state index contributed by atoms with van der Waals surface area (Å²) in [6.07, 6.45) is 6.28. The zero-order chi connectivity index (χ0) is 9.97. The van der Waals surface area contributed by atoms with Gasteiger partial charge in [0.25, 0.3) is 0 Å². The van der Waals surface area contributed by atoms with Gasteiger partial charge in [0.2, 0.25) is 0 Å². The highest BCUT2D eigenvalue weighted by atomic mass is 32.2. The van der Waals surface area contributed by atoms with Gasteiger partial charge in [-0.15, -0.1) is 0 Å². The second-order valence-electron chi connectivity index (χ2n) is 4.37. The Morgan fingerprint density at radius 1 is 1.14 bits per heavy atom. The summed E-state index contributed by atoms with van der Waals surface area (Å²) in [6.45, 7) is 1.52. The molecule has 0 aromatic rings. The Morgan fingerprint density at radius 2 is 1.86 bits per heavy atom. The average molecular weight is 217 g/mol. The minimum atomic E-state index is -0.829. The molecule has 0 radical (unpaired) electrons. The lowest BCUT2D eigenvalue weighted by molar-refractivity contribution is 0.110. The molecule has 1 saturated carbocycles. The maximum Gasteiger partial charge on any atom is 0.0975 e. The van der Waals surface area contributed by atoms with Gasteiger partial charge < -0.3 is 5.11 Å². The van der Waals surface area contributed by atoms with Crippen LogP contribution in [0.5, 0.6) is 0 Å². The smallest absolute Gasteiger partial charge is 0.0975 e. The summed E-state index contributed by atoms with van der Waals surface area (Å²) in [5.74, 6) is 0. The molecule has 1 unspecified atom stereocenters. The van der Waals surface area contributed by atoms with E-state index in [-0.39, 0.29) is 6.10 Å². The zero-order valence-electron chi connectivity index (χ0n) is 8.52. The molecule has 2 fully saturated rings. The van der Waals surface area contributed by atoms with Crippen molar-refractivity contribution in [3.05, 3.63) is 0 Å². The Balaban J connectivity index is 1.89. The summed E-state index contributed by atoms with van der Waals surface area (Å²) in [6, 6.07) is 0. The van der Waals surface area contributed by atoms with E-state index in [1.54, 1.807) is 0 Å². The van der Waals surface area contributed by atoms with Crippen molar-refractivity contribution in [1.82, 2.24) is 4.31 Å². The molecule has 2 aliphatic rings. The van der Waals surface area contributed by atoms with Gasteiger partial charge in [-0.2, -0.15) is 0 Å². The lowest BCUT2D eigenvalue weighted by Crippen LogP contribution is -2.42. The van der Waals surface area contributed by atoms with Crippen LogP contribution in [0.25, 0.3) is 0 Å². The number of hydrogen-bond acceptors (Lipinski definition) is 2. The molecule has 4 heteroatoms. The van der Waals surface area contributed by atoms with Gasteiger partial charge in [-0.1, -0.05) is 12.8 Å². The standard InChI is InChI=1S/C10H19NO2S/c12-9-4-3-7-11(8-9)14(13)10-5-1-2-6-10/h9-10,12H,1-8H2/t9-,14?/m0/s1. The molecule has 0 spiro atoms. The van der Waals surface area contributed by atoms with Crippen LogP contribution in [0.4, 0.5) is 0 Å². The molecule has 1 N–H and O–H groups in total. The highest BCUT2D eigenvalue weighted by Gasteiger charge is 2.29. The molecule has 3 nitrogen and oxygen atoms in total. The minimum absolute atomic E-state index is 0.255. The topological polar surface area (TPSA) is 40.5 Å². The monoisotopic (exact) mass is 217 g/mol. The highest BCUT2D eigenvalue weighted by molar-refractivity contribution is 7.83. The van der Waals surface area contributed by atoms with Crippen molar-refractivity contribution in [3.63, 3.8) is 0 Å². The zero-order valence-corrected chi connectivity index (χ0v) is 9.34. The third-order valence-electron chi connectivity index (χ3n) is 3.20. The number of nitrogens with zero attached hydrogens (tertiary/aromatic N) is 1. The fourth-order valence-corrected chi connectivity index (χ4v) is 4.17. The van der Waals surface area contributed by atoms with Crippen LogP contribution >= 0.6 is 0 Å². The fraction of sp³-hybridized carbons (Fsp3) is 1.00. The van der Waals surface area contributed by atoms with Crippen molar-refractivity contribution >= 4 is 11.0 Å². The number of β-amino-alcohol motifs (C(OH)–C–C–N with tert-alkyl or cyclic N) is 1. The first-order valence-corrected chi connectivity index (χ1v) is 6.78. The Hall–Kier alpha value is 0.0700. The van der Waals surface area contributed by atoms with Crippen LogP contribution in [0, 0.1) is 0 Å². The maximum atomic E-state index is 12.1. The van der Waals surface area contributed by atoms with E-state index in [1.165, 1.54) is 12.8 Å². The summed E-state index contributed by atoms with van der Waals surface area (Å²) >= 11 is 0. The number of piperidine rings is 1. The number of aliphatic hydroxyl groups excluding tert-OH is 1. The molecule has 14 heavy (non-hydrogen) atoms. The molecule has 1 saturated heterocycles. The van der Waals surface area contributed by atoms with Crippen LogP contribution in [0.3, 0.4) is 0 Å². The van der Waals surface area contributed by atoms with Gasteiger partial charge in [-0.3, -0.25) is 0 Å². The summed E-state index contributed by atoms with van der Waals surface area (Å²) in [5, 5.41) is 9.87. The Labute approximate surface area is 88.1 Å². The molecule has 2 atom stereocenters. The second-order valence-corrected chi connectivity index (χ2v) is 6.10. The molecule has 82 valence electrons. The van der Waals surface area contributed by atoms with E-state index in [2.05, 4.69) is 0 Å². The minimum Gasteiger partial charge on any atom is -0.392 e. The first kappa shape index (κ1) is 10.6. The van der Waals surface area contributed by atoms with Gasteiger partial charge in [-0.25, -0.2) is 8.51 Å². The predicted octanol–water partition coefficient (Wildman–Crippen LogP) is 1.05. The van der Waals surface area contributed by atoms with Gasteiger partial charge in [-0.05, 0) is 25.7 Å². The molecule has 0 aromatic carbocycles. The van der Waals surface area contributed by atoms with E-state index in [0.29, 0.717) is 11.8 Å². The largest absolute Gasteiger partial charge is 0.392 e. The molecular weight excluding hydrogens is 198 g/mol. The summed E-state index contributed by atoms with van der Waals surface area (Å²) in [5.41, 5.74) is 0. The molecule has 0 bridgehead atoms. The lowest BCUT2D eigenvalue weighted by Gasteiger charge is -2.30. The molecule has 0 aromatic heterocycles. The SMILES string of the molecule is O=S(C1CCCC1)N1CCC[C@H](O)C1. The molecule has 1 aliphatic carbocycles. The fourth-order valence-electron chi connectivity index (χ4n) is 2.39. The van der Waals surface area contributed by atoms with E-state index in [0.717, 1.165) is 32.2 Å². The van der Waals surface area contributed by atoms with Crippen LogP contribution in [-0.4, -0.2) is 38.1 Å². The summed E-state index contributed by atoms with van der Waals surface area (Å²) < 4.78 is 14.0.